The number of hydrogen-bond donors (Lipinski definition) is 1. The Kier molecular flexibility index (Phi) is 3.76. The van der Waals surface area contributed by atoms with Crippen molar-refractivity contribution in [2.24, 2.45) is 0 Å². The van der Waals surface area contributed by atoms with E-state index < -0.39 is 0 Å². The van der Waals surface area contributed by atoms with E-state index in [1.165, 1.54) is 0 Å². The van der Waals surface area contributed by atoms with Crippen molar-refractivity contribution in [1.29, 1.82) is 0 Å². The first-order valence-corrected chi connectivity index (χ1v) is 6.46. The molecule has 0 atom stereocenters. The van der Waals surface area contributed by atoms with Gasteiger partial charge in [-0.1, -0.05) is 36.5 Å². The Labute approximate surface area is 105 Å². The van der Waals surface area contributed by atoms with Gasteiger partial charge in [0.1, 0.15) is 0 Å². The molecule has 1 aromatic heterocycles. The molecule has 1 aromatic carbocycles. The molecule has 4 heteroatoms. The fourth-order valence-corrected chi connectivity index (χ4v) is 2.67. The molecule has 0 saturated carbocycles. The lowest BCUT2D eigenvalue weighted by Gasteiger charge is -2.15. The highest BCUT2D eigenvalue weighted by atomic mass is 32.1. The molecule has 0 amide bonds. The van der Waals surface area contributed by atoms with Crippen molar-refractivity contribution in [2.75, 3.05) is 11.9 Å². The summed E-state index contributed by atoms with van der Waals surface area (Å²) in [4.78, 5) is 7.57. The quantitative estimate of drug-likeness (QED) is 0.903. The Morgan fingerprint density at radius 1 is 1.29 bits per heavy atom. The molecule has 0 radical (unpaired) electrons. The third-order valence-electron chi connectivity index (χ3n) is 2.68. The summed E-state index contributed by atoms with van der Waals surface area (Å²) in [5.74, 6) is 0. The fourth-order valence-electron chi connectivity index (χ4n) is 1.67. The maximum atomic E-state index is 9.27. The van der Waals surface area contributed by atoms with Crippen LogP contribution in [0.2, 0.25) is 0 Å². The summed E-state index contributed by atoms with van der Waals surface area (Å²) in [6.07, 6.45) is 0.856. The van der Waals surface area contributed by atoms with E-state index in [1.54, 1.807) is 11.3 Å². The molecule has 1 N–H and O–H groups in total. The lowest BCUT2D eigenvalue weighted by Crippen LogP contribution is -2.08. The van der Waals surface area contributed by atoms with Crippen LogP contribution in [0.3, 0.4) is 0 Å². The van der Waals surface area contributed by atoms with Gasteiger partial charge in [0.15, 0.2) is 5.13 Å². The van der Waals surface area contributed by atoms with E-state index in [9.17, 15) is 5.11 Å². The number of hydrogen-bond acceptors (Lipinski definition) is 4. The molecule has 0 saturated heterocycles. The monoisotopic (exact) mass is 248 g/mol. The van der Waals surface area contributed by atoms with E-state index in [0.717, 1.165) is 27.8 Å². The minimum atomic E-state index is 0.0729. The van der Waals surface area contributed by atoms with Crippen LogP contribution < -0.4 is 4.90 Å². The molecule has 2 rings (SSSR count). The summed E-state index contributed by atoms with van der Waals surface area (Å²) in [6.45, 7) is 2.13. The number of anilines is 2. The van der Waals surface area contributed by atoms with Crippen LogP contribution in [-0.2, 0) is 13.0 Å². The molecular weight excluding hydrogens is 232 g/mol. The lowest BCUT2D eigenvalue weighted by atomic mass is 10.3. The van der Waals surface area contributed by atoms with Gasteiger partial charge >= 0.3 is 0 Å². The smallest absolute Gasteiger partial charge is 0.190 e. The molecule has 0 fully saturated rings. The van der Waals surface area contributed by atoms with E-state index in [2.05, 4.69) is 11.9 Å². The molecule has 0 bridgehead atoms. The number of benzene rings is 1. The third-order valence-corrected chi connectivity index (χ3v) is 3.83. The van der Waals surface area contributed by atoms with E-state index in [0.29, 0.717) is 0 Å². The van der Waals surface area contributed by atoms with Crippen LogP contribution in [-0.4, -0.2) is 17.1 Å². The zero-order valence-electron chi connectivity index (χ0n) is 10.1. The number of nitrogens with zero attached hydrogens (tertiary/aromatic N) is 2. The van der Waals surface area contributed by atoms with Crippen molar-refractivity contribution in [3.63, 3.8) is 0 Å². The number of aromatic nitrogens is 1. The molecule has 0 aliphatic rings. The average Bonchev–Trinajstić information content (AvgIpc) is 2.82. The zero-order chi connectivity index (χ0) is 12.3. The highest BCUT2D eigenvalue weighted by molar-refractivity contribution is 7.15. The van der Waals surface area contributed by atoms with Gasteiger partial charge in [-0.3, -0.25) is 0 Å². The van der Waals surface area contributed by atoms with Crippen molar-refractivity contribution in [2.45, 2.75) is 20.0 Å². The van der Waals surface area contributed by atoms with E-state index >= 15 is 0 Å². The Morgan fingerprint density at radius 2 is 2.00 bits per heavy atom. The maximum absolute atomic E-state index is 9.27. The Hall–Kier alpha value is -1.39. The number of rotatable bonds is 4. The van der Waals surface area contributed by atoms with Gasteiger partial charge in [0.05, 0.1) is 17.2 Å². The molecule has 0 spiro atoms. The van der Waals surface area contributed by atoms with Crippen LogP contribution in [0.1, 0.15) is 17.5 Å². The van der Waals surface area contributed by atoms with Crippen molar-refractivity contribution in [1.82, 2.24) is 4.98 Å². The number of thiazole rings is 1. The predicted octanol–water partition coefficient (Wildman–Crippen LogP) is 2.97. The van der Waals surface area contributed by atoms with Gasteiger partial charge in [0.2, 0.25) is 0 Å². The minimum Gasteiger partial charge on any atom is -0.391 e. The molecule has 3 nitrogen and oxygen atoms in total. The summed E-state index contributed by atoms with van der Waals surface area (Å²) < 4.78 is 0. The highest BCUT2D eigenvalue weighted by Crippen LogP contribution is 2.30. The normalized spacial score (nSPS) is 10.5. The second-order valence-corrected chi connectivity index (χ2v) is 4.83. The van der Waals surface area contributed by atoms with Crippen LogP contribution in [0.5, 0.6) is 0 Å². The number of para-hydroxylation sites is 1. The average molecular weight is 248 g/mol. The van der Waals surface area contributed by atoms with E-state index in [1.807, 2.05) is 42.3 Å². The first kappa shape index (κ1) is 12.1. The summed E-state index contributed by atoms with van der Waals surface area (Å²) in [6, 6.07) is 10.1. The largest absolute Gasteiger partial charge is 0.391 e. The SMILES string of the molecule is CCc1nc(N(C)c2ccccc2)sc1CO. The Bertz CT molecular complexity index is 460. The van der Waals surface area contributed by atoms with Gasteiger partial charge < -0.3 is 10.0 Å². The molecule has 1 heterocycles. The van der Waals surface area contributed by atoms with E-state index in [-0.39, 0.29) is 6.61 Å². The van der Waals surface area contributed by atoms with Crippen molar-refractivity contribution in [3.05, 3.63) is 40.9 Å². The molecule has 0 aliphatic heterocycles. The van der Waals surface area contributed by atoms with Crippen LogP contribution in [0.15, 0.2) is 30.3 Å². The molecule has 2 aromatic rings. The number of aliphatic hydroxyl groups excluding tert-OH is 1. The number of aryl methyl sites for hydroxylation is 1. The molecule has 0 aliphatic carbocycles. The Morgan fingerprint density at radius 3 is 2.53 bits per heavy atom. The molecular formula is C13H16N2OS. The second-order valence-electron chi connectivity index (χ2n) is 3.77. The van der Waals surface area contributed by atoms with Crippen molar-refractivity contribution < 1.29 is 5.11 Å². The summed E-state index contributed by atoms with van der Waals surface area (Å²) in [7, 11) is 1.99. The van der Waals surface area contributed by atoms with Gasteiger partial charge in [0.25, 0.3) is 0 Å². The second kappa shape index (κ2) is 5.29. The van der Waals surface area contributed by atoms with Crippen molar-refractivity contribution >= 4 is 22.2 Å². The summed E-state index contributed by atoms with van der Waals surface area (Å²) >= 11 is 1.55. The van der Waals surface area contributed by atoms with Gasteiger partial charge in [0, 0.05) is 12.7 Å². The molecule has 90 valence electrons. The summed E-state index contributed by atoms with van der Waals surface area (Å²) in [5, 5.41) is 10.2. The maximum Gasteiger partial charge on any atom is 0.190 e. The molecule has 0 unspecified atom stereocenters. The predicted molar refractivity (Wildman–Crippen MR) is 71.9 cm³/mol. The summed E-state index contributed by atoms with van der Waals surface area (Å²) in [5.41, 5.74) is 2.10. The van der Waals surface area contributed by atoms with E-state index in [4.69, 9.17) is 0 Å². The van der Waals surface area contributed by atoms with Crippen LogP contribution in [0, 0.1) is 0 Å². The first-order chi connectivity index (χ1) is 8.26. The van der Waals surface area contributed by atoms with Crippen LogP contribution in [0.4, 0.5) is 10.8 Å². The zero-order valence-corrected chi connectivity index (χ0v) is 10.9. The van der Waals surface area contributed by atoms with Gasteiger partial charge in [-0.2, -0.15) is 0 Å². The van der Waals surface area contributed by atoms with Gasteiger partial charge in [-0.25, -0.2) is 4.98 Å². The molecule has 17 heavy (non-hydrogen) atoms. The highest BCUT2D eigenvalue weighted by Gasteiger charge is 2.12. The first-order valence-electron chi connectivity index (χ1n) is 5.64. The topological polar surface area (TPSA) is 36.4 Å². The fraction of sp³-hybridized carbons (Fsp3) is 0.308. The minimum absolute atomic E-state index is 0.0729. The number of aliphatic hydroxyl groups is 1. The third kappa shape index (κ3) is 2.48. The Balaban J connectivity index is 2.31. The lowest BCUT2D eigenvalue weighted by molar-refractivity contribution is 0.284. The van der Waals surface area contributed by atoms with Crippen LogP contribution in [0.25, 0.3) is 0 Å². The van der Waals surface area contributed by atoms with Crippen LogP contribution >= 0.6 is 11.3 Å². The van der Waals surface area contributed by atoms with Crippen molar-refractivity contribution in [3.8, 4) is 0 Å². The van der Waals surface area contributed by atoms with Gasteiger partial charge in [-0.05, 0) is 18.6 Å². The standard InChI is InChI=1S/C13H16N2OS/c1-3-11-12(9-16)17-13(14-11)15(2)10-7-5-4-6-8-10/h4-8,16H,3,9H2,1-2H3. The van der Waals surface area contributed by atoms with Gasteiger partial charge in [-0.15, -0.1) is 0 Å².